The molecule has 10 heteroatoms. The number of nitrogens with zero attached hydrogens (tertiary/aromatic N) is 4. The largest absolute Gasteiger partial charge is 1.00 e. The van der Waals surface area contributed by atoms with Crippen molar-refractivity contribution >= 4 is 17.7 Å². The number of carboxylic acids is 1. The van der Waals surface area contributed by atoms with E-state index in [1.165, 1.54) is 4.52 Å². The Morgan fingerprint density at radius 3 is 2.67 bits per heavy atom. The van der Waals surface area contributed by atoms with E-state index < -0.39 is 28.9 Å². The molecule has 1 amide bonds. The minimum absolute atomic E-state index is 0. The fourth-order valence-electron chi connectivity index (χ4n) is 2.79. The van der Waals surface area contributed by atoms with Gasteiger partial charge in [-0.3, -0.25) is 4.79 Å². The number of carboxylic acid groups (broad SMARTS) is 1. The summed E-state index contributed by atoms with van der Waals surface area (Å²) >= 11 is 0. The van der Waals surface area contributed by atoms with Gasteiger partial charge in [-0.2, -0.15) is 4.98 Å². The average Bonchev–Trinajstić information content (AvgIpc) is 2.89. The normalized spacial score (nSPS) is 24.8. The van der Waals surface area contributed by atoms with Crippen molar-refractivity contribution in [1.82, 2.24) is 24.9 Å². The first-order valence-electron chi connectivity index (χ1n) is 7.08. The van der Waals surface area contributed by atoms with E-state index in [0.29, 0.717) is 0 Å². The zero-order valence-corrected chi connectivity index (χ0v) is 17.0. The number of carbonyl (C=O) groups excluding carboxylic acids is 2. The van der Waals surface area contributed by atoms with Crippen molar-refractivity contribution in [3.8, 4) is 0 Å². The second-order valence-electron chi connectivity index (χ2n) is 6.40. The van der Waals surface area contributed by atoms with Crippen LogP contribution in [-0.4, -0.2) is 48.2 Å². The van der Waals surface area contributed by atoms with Crippen molar-refractivity contribution < 1.29 is 71.2 Å². The number of fused-ring (bicyclic) bond motifs is 1. The topological polar surface area (TPSA) is 133 Å². The molecule has 0 aliphatic heterocycles. The number of aryl methyl sites for hydroxylation is 1. The third kappa shape index (κ3) is 2.80. The molecule has 2 unspecified atom stereocenters. The van der Waals surface area contributed by atoms with Crippen LogP contribution in [0.15, 0.2) is 12.4 Å². The van der Waals surface area contributed by atoms with E-state index >= 15 is 0 Å². The maximum Gasteiger partial charge on any atom is 1.00 e. The summed E-state index contributed by atoms with van der Waals surface area (Å²) in [7, 11) is 0. The molecule has 1 aliphatic rings. The minimum atomic E-state index is -1.66. The molecular weight excluding hydrogens is 341 g/mol. The van der Waals surface area contributed by atoms with Crippen LogP contribution >= 0.6 is 0 Å². The Balaban J connectivity index is 0.00000208. The third-order valence-electron chi connectivity index (χ3n) is 4.63. The van der Waals surface area contributed by atoms with Gasteiger partial charge >= 0.3 is 51.4 Å². The van der Waals surface area contributed by atoms with Crippen molar-refractivity contribution in [1.29, 1.82) is 0 Å². The van der Waals surface area contributed by atoms with Crippen molar-refractivity contribution in [2.24, 2.45) is 5.41 Å². The van der Waals surface area contributed by atoms with Gasteiger partial charge in [0.1, 0.15) is 0 Å². The number of amides is 1. The van der Waals surface area contributed by atoms with Crippen LogP contribution in [0.1, 0.15) is 36.5 Å². The van der Waals surface area contributed by atoms with E-state index in [2.05, 4.69) is 20.4 Å². The number of carbonyl (C=O) groups is 2. The number of aliphatic carboxylic acids is 1. The molecule has 2 atom stereocenters. The van der Waals surface area contributed by atoms with Crippen LogP contribution in [0.25, 0.3) is 5.78 Å². The molecule has 2 heterocycles. The zero-order chi connectivity index (χ0) is 17.0. The van der Waals surface area contributed by atoms with E-state index in [1.807, 2.05) is 6.92 Å². The molecule has 9 nitrogen and oxygen atoms in total. The quantitative estimate of drug-likeness (QED) is 0.529. The molecule has 3 rings (SSSR count). The molecule has 2 N–H and O–H groups in total. The summed E-state index contributed by atoms with van der Waals surface area (Å²) in [5, 5.41) is 27.8. The Bertz CT molecular complexity index is 821. The summed E-state index contributed by atoms with van der Waals surface area (Å²) < 4.78 is 1.34. The first-order valence-corrected chi connectivity index (χ1v) is 7.08. The van der Waals surface area contributed by atoms with Crippen LogP contribution < -0.4 is 61.8 Å². The smallest absolute Gasteiger partial charge is 0.548 e. The molecule has 0 aromatic carbocycles. The maximum absolute atomic E-state index is 12.4. The van der Waals surface area contributed by atoms with E-state index in [9.17, 15) is 19.8 Å². The number of hydrogen-bond acceptors (Lipinski definition) is 7. The van der Waals surface area contributed by atoms with Gasteiger partial charge in [0.15, 0.2) is 0 Å². The molecule has 0 bridgehead atoms. The molecular formula is C14H16KN5O4. The molecule has 122 valence electrons. The van der Waals surface area contributed by atoms with Gasteiger partial charge in [-0.15, -0.1) is 5.10 Å². The van der Waals surface area contributed by atoms with E-state index in [4.69, 9.17) is 0 Å². The minimum Gasteiger partial charge on any atom is -0.548 e. The molecule has 2 aromatic heterocycles. The van der Waals surface area contributed by atoms with Crippen LogP contribution in [0.2, 0.25) is 0 Å². The Morgan fingerprint density at radius 2 is 2.12 bits per heavy atom. The van der Waals surface area contributed by atoms with E-state index in [-0.39, 0.29) is 69.4 Å². The molecule has 0 radical (unpaired) electrons. The number of hydrogen-bond donors (Lipinski definition) is 2. The summed E-state index contributed by atoms with van der Waals surface area (Å²) in [6.45, 7) is 4.93. The van der Waals surface area contributed by atoms with Crippen molar-refractivity contribution in [2.45, 2.75) is 38.8 Å². The summed E-state index contributed by atoms with van der Waals surface area (Å²) in [5.74, 6) is -2.16. The third-order valence-corrected chi connectivity index (χ3v) is 4.63. The van der Waals surface area contributed by atoms with E-state index in [0.717, 1.165) is 5.56 Å². The molecule has 1 saturated carbocycles. The molecule has 1 fully saturated rings. The van der Waals surface area contributed by atoms with Crippen molar-refractivity contribution in [2.75, 3.05) is 0 Å². The molecule has 1 aliphatic carbocycles. The van der Waals surface area contributed by atoms with Gasteiger partial charge in [-0.05, 0) is 12.5 Å². The van der Waals surface area contributed by atoms with Crippen LogP contribution in [-0.2, 0) is 4.79 Å². The fraction of sp³-hybridized carbons (Fsp3) is 0.500. The standard InChI is InChI=1S/C14H17N5O4.K/c1-7-5-15-12-16-9(18-19(12)6-7)10(21)17-14(11(22)23)4-8(20)13(14,2)3;/h5-6,8,20H,4H2,1-3H3,(H,17,21)(H,22,23);/q;+1/p-1. The zero-order valence-electron chi connectivity index (χ0n) is 13.9. The number of aliphatic hydroxyl groups is 1. The van der Waals surface area contributed by atoms with Gasteiger partial charge < -0.3 is 20.3 Å². The Labute approximate surface area is 180 Å². The molecule has 0 saturated heterocycles. The Kier molecular flexibility index (Phi) is 5.20. The van der Waals surface area contributed by atoms with E-state index in [1.54, 1.807) is 26.2 Å². The summed E-state index contributed by atoms with van der Waals surface area (Å²) in [6.07, 6.45) is 2.26. The Morgan fingerprint density at radius 1 is 1.46 bits per heavy atom. The van der Waals surface area contributed by atoms with Gasteiger partial charge in [-0.25, -0.2) is 9.50 Å². The van der Waals surface area contributed by atoms with Gasteiger partial charge in [-0.1, -0.05) is 13.8 Å². The first-order chi connectivity index (χ1) is 10.7. The summed E-state index contributed by atoms with van der Waals surface area (Å²) in [5.41, 5.74) is -1.89. The maximum atomic E-state index is 12.4. The van der Waals surface area contributed by atoms with Crippen molar-refractivity contribution in [3.63, 3.8) is 0 Å². The average molecular weight is 357 g/mol. The monoisotopic (exact) mass is 357 g/mol. The fourth-order valence-corrected chi connectivity index (χ4v) is 2.79. The number of aliphatic hydroxyl groups excluding tert-OH is 1. The molecule has 0 spiro atoms. The summed E-state index contributed by atoms with van der Waals surface area (Å²) in [6, 6.07) is 0. The summed E-state index contributed by atoms with van der Waals surface area (Å²) in [4.78, 5) is 31.9. The van der Waals surface area contributed by atoms with Crippen LogP contribution in [0.3, 0.4) is 0 Å². The van der Waals surface area contributed by atoms with Crippen LogP contribution in [0.5, 0.6) is 0 Å². The van der Waals surface area contributed by atoms with Crippen LogP contribution in [0, 0.1) is 12.3 Å². The second-order valence-corrected chi connectivity index (χ2v) is 6.40. The number of nitrogens with one attached hydrogen (secondary N) is 1. The van der Waals surface area contributed by atoms with Gasteiger partial charge in [0.05, 0.1) is 17.6 Å². The van der Waals surface area contributed by atoms with Gasteiger partial charge in [0.2, 0.25) is 5.82 Å². The predicted molar refractivity (Wildman–Crippen MR) is 75.1 cm³/mol. The Hall–Kier alpha value is -0.914. The predicted octanol–water partition coefficient (Wildman–Crippen LogP) is -4.55. The number of rotatable bonds is 3. The van der Waals surface area contributed by atoms with Gasteiger partial charge in [0, 0.05) is 24.2 Å². The van der Waals surface area contributed by atoms with Gasteiger partial charge in [0.25, 0.3) is 11.7 Å². The molecule has 2 aromatic rings. The van der Waals surface area contributed by atoms with Crippen molar-refractivity contribution in [3.05, 3.63) is 23.8 Å². The molecule has 24 heavy (non-hydrogen) atoms. The first kappa shape index (κ1) is 19.4. The SMILES string of the molecule is Cc1cnc2nc(C(=O)NC3(C(=O)[O-])CC(O)C3(C)C)nn2c1.[K+]. The number of aromatic nitrogens is 4. The van der Waals surface area contributed by atoms with Crippen LogP contribution in [0.4, 0.5) is 0 Å². The second kappa shape index (κ2) is 6.43.